The molecule has 3 heterocycles. The molecule has 8 nitrogen and oxygen atoms in total. The van der Waals surface area contributed by atoms with Crippen molar-refractivity contribution < 1.29 is 0 Å². The molecule has 58 heavy (non-hydrogen) atoms. The Hall–Kier alpha value is -8.82. The second-order valence-electron chi connectivity index (χ2n) is 13.8. The zero-order valence-electron chi connectivity index (χ0n) is 30.6. The molecule has 10 rings (SSSR count). The van der Waals surface area contributed by atoms with Gasteiger partial charge in [-0.25, -0.2) is 9.97 Å². The molecule has 0 spiro atoms. The first-order valence-corrected chi connectivity index (χ1v) is 18.5. The van der Waals surface area contributed by atoms with Gasteiger partial charge in [-0.1, -0.05) is 84.9 Å². The van der Waals surface area contributed by atoms with Crippen molar-refractivity contribution in [3.8, 4) is 69.6 Å². The van der Waals surface area contributed by atoms with Crippen LogP contribution < -0.4 is 0 Å². The Bertz CT molecular complexity index is 3360. The molecule has 0 amide bonds. The second kappa shape index (κ2) is 13.5. The molecule has 0 saturated heterocycles. The fraction of sp³-hybridized carbons (Fsp3) is 0. The van der Waals surface area contributed by atoms with Crippen molar-refractivity contribution in [2.75, 3.05) is 0 Å². The molecule has 0 aliphatic carbocycles. The van der Waals surface area contributed by atoms with Gasteiger partial charge >= 0.3 is 0 Å². The number of rotatable bonds is 5. The maximum absolute atomic E-state index is 10.8. The largest absolute Gasteiger partial charge is 0.309 e. The summed E-state index contributed by atoms with van der Waals surface area (Å²) in [7, 11) is 0. The summed E-state index contributed by atoms with van der Waals surface area (Å²) in [6.07, 6.45) is 0. The average molecular weight is 739 g/mol. The SMILES string of the molecule is N#Cc1ccccc1-c1cc(-c2cc(C#N)c(-n3c4ccccc4c4cc(-n5c6ccccc6c6ccccc65)ccc43)c(C#N)c2)nc(-c2ccccc2C#N)n1. The Morgan fingerprint density at radius 2 is 0.845 bits per heavy atom. The summed E-state index contributed by atoms with van der Waals surface area (Å²) in [6, 6.07) is 59.9. The third-order valence-corrected chi connectivity index (χ3v) is 10.7. The van der Waals surface area contributed by atoms with Crippen LogP contribution in [0.5, 0.6) is 0 Å². The molecule has 0 saturated carbocycles. The number of nitriles is 4. The van der Waals surface area contributed by atoms with Crippen LogP contribution in [0.4, 0.5) is 0 Å². The second-order valence-corrected chi connectivity index (χ2v) is 13.8. The van der Waals surface area contributed by atoms with E-state index in [4.69, 9.17) is 9.97 Å². The van der Waals surface area contributed by atoms with E-state index in [1.807, 2.05) is 41.0 Å². The lowest BCUT2D eigenvalue weighted by Gasteiger charge is -2.15. The molecule has 7 aromatic carbocycles. The van der Waals surface area contributed by atoms with Gasteiger partial charge in [-0.3, -0.25) is 0 Å². The van der Waals surface area contributed by atoms with E-state index in [0.717, 1.165) is 38.5 Å². The van der Waals surface area contributed by atoms with Crippen molar-refractivity contribution in [3.05, 3.63) is 180 Å². The Kier molecular flexibility index (Phi) is 7.84. The molecule has 0 radical (unpaired) electrons. The molecule has 8 heteroatoms. The molecule has 10 aromatic rings. The predicted molar refractivity (Wildman–Crippen MR) is 226 cm³/mol. The number of aromatic nitrogens is 4. The molecular formula is C50H26N8. The summed E-state index contributed by atoms with van der Waals surface area (Å²) >= 11 is 0. The van der Waals surface area contributed by atoms with Gasteiger partial charge in [-0.15, -0.1) is 0 Å². The number of para-hydroxylation sites is 3. The third kappa shape index (κ3) is 5.19. The quantitative estimate of drug-likeness (QED) is 0.173. The molecule has 0 atom stereocenters. The van der Waals surface area contributed by atoms with Crippen LogP contribution in [0.1, 0.15) is 22.3 Å². The van der Waals surface area contributed by atoms with Crippen LogP contribution in [0.2, 0.25) is 0 Å². The number of benzene rings is 7. The van der Waals surface area contributed by atoms with E-state index in [2.05, 4.69) is 102 Å². The van der Waals surface area contributed by atoms with Crippen LogP contribution in [0.15, 0.2) is 158 Å². The molecule has 266 valence electrons. The van der Waals surface area contributed by atoms with E-state index in [1.165, 1.54) is 10.8 Å². The van der Waals surface area contributed by atoms with Crippen LogP contribution in [0, 0.1) is 45.3 Å². The third-order valence-electron chi connectivity index (χ3n) is 10.7. The topological polar surface area (TPSA) is 131 Å². The monoisotopic (exact) mass is 738 g/mol. The lowest BCUT2D eigenvalue weighted by molar-refractivity contribution is 1.14. The van der Waals surface area contributed by atoms with Gasteiger partial charge in [-0.2, -0.15) is 21.0 Å². The molecular weight excluding hydrogens is 713 g/mol. The first-order chi connectivity index (χ1) is 28.6. The van der Waals surface area contributed by atoms with Gasteiger partial charge in [0.25, 0.3) is 0 Å². The Morgan fingerprint density at radius 1 is 0.379 bits per heavy atom. The molecule has 0 aliphatic rings. The van der Waals surface area contributed by atoms with E-state index in [1.54, 1.807) is 48.5 Å². The van der Waals surface area contributed by atoms with Gasteiger partial charge in [0.1, 0.15) is 12.1 Å². The fourth-order valence-corrected chi connectivity index (χ4v) is 8.17. The van der Waals surface area contributed by atoms with Crippen LogP contribution in [0.25, 0.3) is 88.9 Å². The van der Waals surface area contributed by atoms with E-state index >= 15 is 0 Å². The zero-order chi connectivity index (χ0) is 39.3. The highest BCUT2D eigenvalue weighted by Gasteiger charge is 2.22. The highest BCUT2D eigenvalue weighted by Crippen LogP contribution is 2.39. The summed E-state index contributed by atoms with van der Waals surface area (Å²) < 4.78 is 4.28. The summed E-state index contributed by atoms with van der Waals surface area (Å²) in [4.78, 5) is 9.75. The fourth-order valence-electron chi connectivity index (χ4n) is 8.17. The summed E-state index contributed by atoms with van der Waals surface area (Å²) in [6.45, 7) is 0. The van der Waals surface area contributed by atoms with E-state index in [-0.39, 0.29) is 17.0 Å². The van der Waals surface area contributed by atoms with Crippen molar-refractivity contribution in [3.63, 3.8) is 0 Å². The summed E-state index contributed by atoms with van der Waals surface area (Å²) in [5, 5.41) is 45.9. The summed E-state index contributed by atoms with van der Waals surface area (Å²) in [5.74, 6) is 0.278. The molecule has 0 bridgehead atoms. The minimum atomic E-state index is 0.278. The minimum absolute atomic E-state index is 0.278. The number of nitrogens with zero attached hydrogens (tertiary/aromatic N) is 8. The molecule has 0 N–H and O–H groups in total. The van der Waals surface area contributed by atoms with E-state index in [0.29, 0.717) is 44.9 Å². The van der Waals surface area contributed by atoms with Crippen molar-refractivity contribution in [2.24, 2.45) is 0 Å². The molecule has 0 aliphatic heterocycles. The maximum atomic E-state index is 10.8. The van der Waals surface area contributed by atoms with Crippen molar-refractivity contribution in [1.82, 2.24) is 19.1 Å². The number of fused-ring (bicyclic) bond motifs is 6. The van der Waals surface area contributed by atoms with Crippen LogP contribution in [0.3, 0.4) is 0 Å². The highest BCUT2D eigenvalue weighted by atomic mass is 15.0. The Balaban J connectivity index is 1.20. The van der Waals surface area contributed by atoms with Crippen LogP contribution >= 0.6 is 0 Å². The normalized spacial score (nSPS) is 11.0. The smallest absolute Gasteiger partial charge is 0.161 e. The van der Waals surface area contributed by atoms with Gasteiger partial charge in [0.2, 0.25) is 0 Å². The average Bonchev–Trinajstić information content (AvgIpc) is 3.80. The van der Waals surface area contributed by atoms with Crippen molar-refractivity contribution >= 4 is 43.6 Å². The predicted octanol–water partition coefficient (Wildman–Crippen LogP) is 11.2. The number of hydrogen-bond donors (Lipinski definition) is 0. The van der Waals surface area contributed by atoms with Gasteiger partial charge in [-0.05, 0) is 72.8 Å². The lowest BCUT2D eigenvalue weighted by atomic mass is 9.98. The van der Waals surface area contributed by atoms with E-state index < -0.39 is 0 Å². The highest BCUT2D eigenvalue weighted by molar-refractivity contribution is 6.12. The lowest BCUT2D eigenvalue weighted by Crippen LogP contribution is -2.03. The van der Waals surface area contributed by atoms with Gasteiger partial charge in [0.15, 0.2) is 5.82 Å². The van der Waals surface area contributed by atoms with Gasteiger partial charge in [0, 0.05) is 43.9 Å². The zero-order valence-corrected chi connectivity index (χ0v) is 30.6. The van der Waals surface area contributed by atoms with E-state index in [9.17, 15) is 21.0 Å². The molecule has 3 aromatic heterocycles. The summed E-state index contributed by atoms with van der Waals surface area (Å²) in [5.41, 5.74) is 9.24. The molecule has 0 unspecified atom stereocenters. The Morgan fingerprint density at radius 3 is 1.45 bits per heavy atom. The van der Waals surface area contributed by atoms with Crippen LogP contribution in [-0.4, -0.2) is 19.1 Å². The standard InChI is InChI=1S/C50H26N8/c51-27-31-11-1-3-13-37(31)44-26-43(55-50(56-44)38-14-4-2-12-32(38)28-52)33-23-34(29-53)49(35(24-33)30-54)58-47-20-10-7-17-41(47)42-25-36(21-22-48(42)58)57-45-18-8-5-15-39(45)40-16-6-9-19-46(40)57/h1-26H. The van der Waals surface area contributed by atoms with Gasteiger partial charge < -0.3 is 9.13 Å². The maximum Gasteiger partial charge on any atom is 0.161 e. The first-order valence-electron chi connectivity index (χ1n) is 18.5. The van der Waals surface area contributed by atoms with Gasteiger partial charge in [0.05, 0.1) is 73.5 Å². The van der Waals surface area contributed by atoms with Crippen LogP contribution in [-0.2, 0) is 0 Å². The van der Waals surface area contributed by atoms with Crippen molar-refractivity contribution in [1.29, 1.82) is 21.0 Å². The Labute approximate surface area is 332 Å². The minimum Gasteiger partial charge on any atom is -0.309 e. The molecule has 0 fully saturated rings. The first kappa shape index (κ1) is 33.7. The number of hydrogen-bond acceptors (Lipinski definition) is 6. The van der Waals surface area contributed by atoms with Crippen molar-refractivity contribution in [2.45, 2.75) is 0 Å².